The number of fused-ring (bicyclic) bond motifs is 5. The second kappa shape index (κ2) is 11.8. The minimum atomic E-state index is -3.60. The van der Waals surface area contributed by atoms with Crippen LogP contribution in [0.15, 0.2) is 168 Å². The van der Waals surface area contributed by atoms with E-state index in [1.165, 1.54) is 0 Å². The Bertz CT molecular complexity index is 2850. The van der Waals surface area contributed by atoms with Crippen molar-refractivity contribution in [1.82, 2.24) is 4.57 Å². The van der Waals surface area contributed by atoms with Crippen LogP contribution in [-0.4, -0.2) is 13.0 Å². The van der Waals surface area contributed by atoms with E-state index in [4.69, 9.17) is 11.3 Å². The molecular weight excluding hydrogens is 661 g/mol. The highest BCUT2D eigenvalue weighted by Gasteiger charge is 2.35. The van der Waals surface area contributed by atoms with Crippen molar-refractivity contribution in [2.75, 3.05) is 0 Å². The highest BCUT2D eigenvalue weighted by molar-refractivity contribution is 7.91. The molecule has 1 aliphatic rings. The Morgan fingerprint density at radius 3 is 1.69 bits per heavy atom. The molecule has 9 rings (SSSR count). The summed E-state index contributed by atoms with van der Waals surface area (Å²) in [6.07, 6.45) is 0. The van der Waals surface area contributed by atoms with Crippen LogP contribution in [0, 0.1) is 6.57 Å². The van der Waals surface area contributed by atoms with Gasteiger partial charge in [0.1, 0.15) is 11.5 Å². The highest BCUT2D eigenvalue weighted by Crippen LogP contribution is 2.50. The summed E-state index contributed by atoms with van der Waals surface area (Å²) in [7, 11) is -3.60. The van der Waals surface area contributed by atoms with Gasteiger partial charge in [0.2, 0.25) is 9.84 Å². The molecule has 0 saturated carbocycles. The average molecular weight is 693 g/mol. The SMILES string of the molecule is [C-]#[N+]c1ccc2c(c1)c1cc(-c3ccc4c(c3)C(C)(C)c3cc(-c5ccc(S(=O)(=O)c6ccccc6)cc5)ccc3O4)ccc1n2-c1ccccc1. The number of benzene rings is 7. The third-order valence-corrected chi connectivity index (χ3v) is 12.1. The minimum Gasteiger partial charge on any atom is -0.457 e. The van der Waals surface area contributed by atoms with Crippen molar-refractivity contribution < 1.29 is 13.2 Å². The van der Waals surface area contributed by atoms with Crippen LogP contribution in [0.5, 0.6) is 11.5 Å². The summed E-state index contributed by atoms with van der Waals surface area (Å²) in [5, 5.41) is 2.13. The fraction of sp³-hybridized carbons (Fsp3) is 0.0652. The monoisotopic (exact) mass is 692 g/mol. The van der Waals surface area contributed by atoms with Gasteiger partial charge in [-0.3, -0.25) is 0 Å². The molecule has 0 atom stereocenters. The number of hydrogen-bond acceptors (Lipinski definition) is 3. The number of aromatic nitrogens is 1. The number of sulfone groups is 1. The molecule has 0 saturated heterocycles. The summed E-state index contributed by atoms with van der Waals surface area (Å²) in [6, 6.07) is 51.0. The lowest BCUT2D eigenvalue weighted by molar-refractivity contribution is 0.418. The first-order valence-corrected chi connectivity index (χ1v) is 18.6. The number of nitrogens with zero attached hydrogens (tertiary/aromatic N) is 2. The van der Waals surface area contributed by atoms with E-state index in [9.17, 15) is 8.42 Å². The summed E-state index contributed by atoms with van der Waals surface area (Å²) in [4.78, 5) is 4.27. The second-order valence-corrected chi connectivity index (χ2v) is 15.7. The fourth-order valence-electron chi connectivity index (χ4n) is 7.52. The van der Waals surface area contributed by atoms with Gasteiger partial charge in [0.25, 0.3) is 0 Å². The van der Waals surface area contributed by atoms with Crippen LogP contribution in [0.3, 0.4) is 0 Å². The van der Waals surface area contributed by atoms with Crippen molar-refractivity contribution in [3.05, 3.63) is 180 Å². The van der Waals surface area contributed by atoms with Gasteiger partial charge in [-0.1, -0.05) is 86.6 Å². The molecule has 8 aromatic rings. The summed E-state index contributed by atoms with van der Waals surface area (Å²) in [5.74, 6) is 1.64. The van der Waals surface area contributed by atoms with E-state index in [1.54, 1.807) is 36.4 Å². The zero-order valence-electron chi connectivity index (χ0n) is 28.5. The maximum Gasteiger partial charge on any atom is 0.206 e. The Morgan fingerprint density at radius 2 is 1.06 bits per heavy atom. The summed E-state index contributed by atoms with van der Waals surface area (Å²) in [5.41, 5.74) is 9.66. The third kappa shape index (κ3) is 5.01. The van der Waals surface area contributed by atoms with Crippen molar-refractivity contribution in [3.63, 3.8) is 0 Å². The fourth-order valence-corrected chi connectivity index (χ4v) is 8.80. The third-order valence-electron chi connectivity index (χ3n) is 10.3. The smallest absolute Gasteiger partial charge is 0.206 e. The quantitative estimate of drug-likeness (QED) is 0.169. The van der Waals surface area contributed by atoms with Crippen LogP contribution >= 0.6 is 0 Å². The molecule has 1 aliphatic heterocycles. The Balaban J connectivity index is 1.09. The first-order chi connectivity index (χ1) is 25.2. The lowest BCUT2D eigenvalue weighted by Crippen LogP contribution is -2.24. The molecule has 0 spiro atoms. The molecule has 0 bridgehead atoms. The van der Waals surface area contributed by atoms with Gasteiger partial charge in [-0.05, 0) is 113 Å². The zero-order valence-corrected chi connectivity index (χ0v) is 29.4. The van der Waals surface area contributed by atoms with Crippen molar-refractivity contribution in [3.8, 4) is 39.4 Å². The Hall–Kier alpha value is -6.42. The van der Waals surface area contributed by atoms with Gasteiger partial charge in [-0.25, -0.2) is 13.3 Å². The zero-order chi connectivity index (χ0) is 35.6. The normalized spacial score (nSPS) is 13.2. The van der Waals surface area contributed by atoms with Crippen LogP contribution in [-0.2, 0) is 15.3 Å². The molecule has 0 N–H and O–H groups in total. The lowest BCUT2D eigenvalue weighted by Gasteiger charge is -2.35. The molecule has 0 fully saturated rings. The lowest BCUT2D eigenvalue weighted by atomic mass is 9.74. The number of rotatable bonds is 5. The molecule has 250 valence electrons. The molecule has 6 heteroatoms. The molecule has 0 radical (unpaired) electrons. The number of para-hydroxylation sites is 1. The van der Waals surface area contributed by atoms with Crippen LogP contribution in [0.25, 0.3) is 54.6 Å². The van der Waals surface area contributed by atoms with Gasteiger partial charge in [0.15, 0.2) is 5.69 Å². The molecule has 0 aliphatic carbocycles. The first-order valence-electron chi connectivity index (χ1n) is 17.1. The predicted molar refractivity (Wildman–Crippen MR) is 208 cm³/mol. The van der Waals surface area contributed by atoms with Gasteiger partial charge >= 0.3 is 0 Å². The van der Waals surface area contributed by atoms with E-state index in [1.807, 2.05) is 66.7 Å². The topological polar surface area (TPSA) is 52.7 Å². The summed E-state index contributed by atoms with van der Waals surface area (Å²) >= 11 is 0. The second-order valence-electron chi connectivity index (χ2n) is 13.7. The highest BCUT2D eigenvalue weighted by atomic mass is 32.2. The van der Waals surface area contributed by atoms with Crippen LogP contribution in [0.1, 0.15) is 25.0 Å². The molecule has 0 amide bonds. The van der Waals surface area contributed by atoms with Gasteiger partial charge in [-0.2, -0.15) is 0 Å². The van der Waals surface area contributed by atoms with Gasteiger partial charge in [-0.15, -0.1) is 0 Å². The summed E-state index contributed by atoms with van der Waals surface area (Å²) < 4.78 is 35.1. The minimum absolute atomic E-state index is 0.264. The summed E-state index contributed by atoms with van der Waals surface area (Å²) in [6.45, 7) is 12.1. The Morgan fingerprint density at radius 1 is 0.558 bits per heavy atom. The van der Waals surface area contributed by atoms with Crippen molar-refractivity contribution in [1.29, 1.82) is 0 Å². The Kier molecular flexibility index (Phi) is 7.18. The van der Waals surface area contributed by atoms with E-state index < -0.39 is 9.84 Å². The standard InChI is InChI=1S/C46H32N2O3S/c1-46(2)40-27-32(30-14-20-37(21-15-30)52(49,50)36-12-8-5-9-13-36)17-24-44(40)51-45-25-18-33(28-41(45)46)31-16-22-42-38(26-31)39-29-34(47-3)19-23-43(39)48(42)35-10-6-4-7-11-35/h4-29H,1-2H3. The van der Waals surface area contributed by atoms with E-state index in [0.717, 1.165) is 72.4 Å². The maximum absolute atomic E-state index is 13.2. The molecule has 5 nitrogen and oxygen atoms in total. The van der Waals surface area contributed by atoms with Gasteiger partial charge in [0, 0.05) is 27.6 Å². The van der Waals surface area contributed by atoms with E-state index in [2.05, 4.69) is 77.9 Å². The molecule has 0 unspecified atom stereocenters. The van der Waals surface area contributed by atoms with E-state index in [-0.39, 0.29) is 15.2 Å². The number of hydrogen-bond donors (Lipinski definition) is 0. The molecule has 7 aromatic carbocycles. The number of ether oxygens (including phenoxy) is 1. The van der Waals surface area contributed by atoms with Crippen LogP contribution in [0.2, 0.25) is 0 Å². The molecular formula is C46H32N2O3S. The maximum atomic E-state index is 13.2. The molecule has 52 heavy (non-hydrogen) atoms. The van der Waals surface area contributed by atoms with Gasteiger partial charge < -0.3 is 9.30 Å². The van der Waals surface area contributed by atoms with Crippen molar-refractivity contribution >= 4 is 37.3 Å². The molecule has 1 aromatic heterocycles. The Labute approximate surface area is 302 Å². The van der Waals surface area contributed by atoms with Crippen molar-refractivity contribution in [2.45, 2.75) is 29.1 Å². The van der Waals surface area contributed by atoms with Crippen molar-refractivity contribution in [2.24, 2.45) is 0 Å². The first kappa shape index (κ1) is 31.6. The van der Waals surface area contributed by atoms with Gasteiger partial charge in [0.05, 0.1) is 27.4 Å². The van der Waals surface area contributed by atoms with E-state index >= 15 is 0 Å². The predicted octanol–water partition coefficient (Wildman–Crippen LogP) is 11.9. The van der Waals surface area contributed by atoms with E-state index in [0.29, 0.717) is 5.69 Å². The van der Waals surface area contributed by atoms with Crippen LogP contribution < -0.4 is 4.74 Å². The largest absolute Gasteiger partial charge is 0.457 e. The average Bonchev–Trinajstić information content (AvgIpc) is 3.51. The molecule has 2 heterocycles. The van der Waals surface area contributed by atoms with Crippen LogP contribution in [0.4, 0.5) is 5.69 Å².